The zero-order valence-electron chi connectivity index (χ0n) is 9.52. The predicted molar refractivity (Wildman–Crippen MR) is 65.6 cm³/mol. The first kappa shape index (κ1) is 12.3. The molecule has 0 saturated carbocycles. The smallest absolute Gasteiger partial charge is 0.150 e. The number of terminal acetylenes is 1. The lowest BCUT2D eigenvalue weighted by Gasteiger charge is -2.22. The molecule has 0 atom stereocenters. The van der Waals surface area contributed by atoms with Gasteiger partial charge in [0.25, 0.3) is 0 Å². The highest BCUT2D eigenvalue weighted by atomic mass is 16.1. The maximum Gasteiger partial charge on any atom is 0.150 e. The minimum Gasteiger partial charge on any atom is -0.356 e. The molecule has 0 fully saturated rings. The quantitative estimate of drug-likeness (QED) is 0.539. The monoisotopic (exact) mass is 216 g/mol. The third-order valence-corrected chi connectivity index (χ3v) is 2.25. The lowest BCUT2D eigenvalue weighted by Crippen LogP contribution is -2.26. The number of hydrogen-bond donors (Lipinski definition) is 0. The zero-order chi connectivity index (χ0) is 11.8. The molecule has 0 radical (unpaired) electrons. The van der Waals surface area contributed by atoms with E-state index in [1.807, 2.05) is 0 Å². The summed E-state index contributed by atoms with van der Waals surface area (Å²) in [5.74, 6) is 3.44. The topological polar surface area (TPSA) is 33.2 Å². The first-order valence-corrected chi connectivity index (χ1v) is 5.41. The van der Waals surface area contributed by atoms with Crippen LogP contribution >= 0.6 is 0 Å². The van der Waals surface area contributed by atoms with Gasteiger partial charge in [-0.25, -0.2) is 4.98 Å². The molecule has 0 bridgehead atoms. The van der Waals surface area contributed by atoms with Crippen molar-refractivity contribution >= 4 is 12.1 Å². The molecule has 3 nitrogen and oxygen atoms in total. The largest absolute Gasteiger partial charge is 0.356 e. The van der Waals surface area contributed by atoms with Gasteiger partial charge in [-0.15, -0.1) is 12.3 Å². The molecular formula is C13H16N2O. The second-order valence-corrected chi connectivity index (χ2v) is 3.51. The Labute approximate surface area is 96.5 Å². The Kier molecular flexibility index (Phi) is 5.07. The second kappa shape index (κ2) is 6.62. The van der Waals surface area contributed by atoms with Crippen molar-refractivity contribution in [1.82, 2.24) is 4.98 Å². The number of anilines is 1. The summed E-state index contributed by atoms with van der Waals surface area (Å²) in [7, 11) is 0. The third kappa shape index (κ3) is 3.39. The summed E-state index contributed by atoms with van der Waals surface area (Å²) in [6, 6.07) is 3.49. The first-order chi connectivity index (χ1) is 7.81. The molecule has 0 amide bonds. The maximum absolute atomic E-state index is 10.7. The van der Waals surface area contributed by atoms with E-state index in [-0.39, 0.29) is 0 Å². The molecule has 3 heteroatoms. The first-order valence-electron chi connectivity index (χ1n) is 5.41. The maximum atomic E-state index is 10.7. The minimum absolute atomic E-state index is 0.645. The predicted octanol–water partition coefficient (Wildman–Crippen LogP) is 2.13. The van der Waals surface area contributed by atoms with Crippen LogP contribution in [0.3, 0.4) is 0 Å². The van der Waals surface area contributed by atoms with E-state index in [0.717, 1.165) is 31.6 Å². The van der Waals surface area contributed by atoms with Crippen molar-refractivity contribution in [2.45, 2.75) is 19.8 Å². The number of rotatable bonds is 6. The van der Waals surface area contributed by atoms with E-state index in [1.165, 1.54) is 0 Å². The average molecular weight is 216 g/mol. The molecule has 0 spiro atoms. The van der Waals surface area contributed by atoms with Gasteiger partial charge in [0.05, 0.1) is 0 Å². The van der Waals surface area contributed by atoms with Crippen molar-refractivity contribution in [3.63, 3.8) is 0 Å². The summed E-state index contributed by atoms with van der Waals surface area (Å²) >= 11 is 0. The number of carbonyl (C=O) groups is 1. The van der Waals surface area contributed by atoms with E-state index in [0.29, 0.717) is 12.0 Å². The number of hydrogen-bond acceptors (Lipinski definition) is 3. The molecule has 0 aliphatic heterocycles. The number of pyridine rings is 1. The van der Waals surface area contributed by atoms with Gasteiger partial charge in [-0.3, -0.25) is 4.79 Å². The van der Waals surface area contributed by atoms with Gasteiger partial charge in [-0.1, -0.05) is 6.92 Å². The summed E-state index contributed by atoms with van der Waals surface area (Å²) in [5.41, 5.74) is 0.645. The van der Waals surface area contributed by atoms with Crippen molar-refractivity contribution in [2.24, 2.45) is 0 Å². The van der Waals surface area contributed by atoms with Crippen molar-refractivity contribution < 1.29 is 4.79 Å². The minimum atomic E-state index is 0.645. The van der Waals surface area contributed by atoms with Gasteiger partial charge >= 0.3 is 0 Å². The lowest BCUT2D eigenvalue weighted by atomic mass is 10.2. The fourth-order valence-electron chi connectivity index (χ4n) is 1.49. The van der Waals surface area contributed by atoms with Gasteiger partial charge in [-0.2, -0.15) is 0 Å². The fraction of sp³-hybridized carbons (Fsp3) is 0.385. The van der Waals surface area contributed by atoms with Crippen LogP contribution in [-0.2, 0) is 0 Å². The van der Waals surface area contributed by atoms with Crippen LogP contribution in [0.15, 0.2) is 18.3 Å². The van der Waals surface area contributed by atoms with Crippen molar-refractivity contribution in [1.29, 1.82) is 0 Å². The van der Waals surface area contributed by atoms with Gasteiger partial charge in [0.2, 0.25) is 0 Å². The summed E-state index contributed by atoms with van der Waals surface area (Å²) in [6.07, 6.45) is 9.45. The second-order valence-electron chi connectivity index (χ2n) is 3.51. The molecular weight excluding hydrogens is 200 g/mol. The zero-order valence-corrected chi connectivity index (χ0v) is 9.52. The molecule has 0 aliphatic carbocycles. The summed E-state index contributed by atoms with van der Waals surface area (Å²) in [5, 5.41) is 0. The Balaban J connectivity index is 2.82. The molecule has 0 unspecified atom stereocenters. The van der Waals surface area contributed by atoms with E-state index in [2.05, 4.69) is 22.7 Å². The van der Waals surface area contributed by atoms with E-state index >= 15 is 0 Å². The van der Waals surface area contributed by atoms with Crippen LogP contribution in [0.25, 0.3) is 0 Å². The molecule has 84 valence electrons. The van der Waals surface area contributed by atoms with Crippen LogP contribution in [0.5, 0.6) is 0 Å². The van der Waals surface area contributed by atoms with Crippen LogP contribution in [-0.4, -0.2) is 24.4 Å². The molecule has 0 aliphatic rings. The van der Waals surface area contributed by atoms with Crippen LogP contribution in [0.2, 0.25) is 0 Å². The Bertz CT molecular complexity index is 382. The van der Waals surface area contributed by atoms with Gasteiger partial charge in [0.1, 0.15) is 12.1 Å². The standard InChI is InChI=1S/C13H16N2O/c1-3-5-9-15(8-4-2)13-10-12(11-16)6-7-14-13/h1,6-7,10-11H,4-5,8-9H2,2H3. The Morgan fingerprint density at radius 1 is 1.56 bits per heavy atom. The van der Waals surface area contributed by atoms with Gasteiger partial charge in [0, 0.05) is 31.3 Å². The molecule has 1 aromatic rings. The highest BCUT2D eigenvalue weighted by Gasteiger charge is 2.06. The van der Waals surface area contributed by atoms with E-state index in [1.54, 1.807) is 18.3 Å². The highest BCUT2D eigenvalue weighted by Crippen LogP contribution is 2.12. The van der Waals surface area contributed by atoms with Crippen LogP contribution in [0.4, 0.5) is 5.82 Å². The molecule has 1 heterocycles. The van der Waals surface area contributed by atoms with Gasteiger partial charge in [0.15, 0.2) is 0 Å². The Hall–Kier alpha value is -1.82. The number of nitrogens with zero attached hydrogens (tertiary/aromatic N) is 2. The van der Waals surface area contributed by atoms with Crippen LogP contribution in [0, 0.1) is 12.3 Å². The summed E-state index contributed by atoms with van der Waals surface area (Å²) < 4.78 is 0. The average Bonchev–Trinajstić information content (AvgIpc) is 2.34. The molecule has 0 aromatic carbocycles. The molecule has 16 heavy (non-hydrogen) atoms. The van der Waals surface area contributed by atoms with Crippen LogP contribution < -0.4 is 4.90 Å². The van der Waals surface area contributed by atoms with Gasteiger partial charge < -0.3 is 4.90 Å². The molecule has 0 saturated heterocycles. The number of aldehydes is 1. The molecule has 1 rings (SSSR count). The molecule has 1 aromatic heterocycles. The van der Waals surface area contributed by atoms with Gasteiger partial charge in [-0.05, 0) is 18.6 Å². The summed E-state index contributed by atoms with van der Waals surface area (Å²) in [4.78, 5) is 17.0. The molecule has 0 N–H and O–H groups in total. The SMILES string of the molecule is C#CCCN(CCC)c1cc(C=O)ccn1. The Morgan fingerprint density at radius 2 is 2.38 bits per heavy atom. The lowest BCUT2D eigenvalue weighted by molar-refractivity contribution is 0.112. The Morgan fingerprint density at radius 3 is 3.00 bits per heavy atom. The normalized spacial score (nSPS) is 9.50. The third-order valence-electron chi connectivity index (χ3n) is 2.25. The van der Waals surface area contributed by atoms with Crippen molar-refractivity contribution in [3.05, 3.63) is 23.9 Å². The van der Waals surface area contributed by atoms with Crippen LogP contribution in [0.1, 0.15) is 30.1 Å². The van der Waals surface area contributed by atoms with E-state index in [4.69, 9.17) is 6.42 Å². The van der Waals surface area contributed by atoms with Crippen molar-refractivity contribution in [3.8, 4) is 12.3 Å². The summed E-state index contributed by atoms with van der Waals surface area (Å²) in [6.45, 7) is 3.78. The van der Waals surface area contributed by atoms with Crippen molar-refractivity contribution in [2.75, 3.05) is 18.0 Å². The number of aromatic nitrogens is 1. The highest BCUT2D eigenvalue weighted by molar-refractivity contribution is 5.76. The van der Waals surface area contributed by atoms with E-state index < -0.39 is 0 Å². The number of carbonyl (C=O) groups excluding carboxylic acids is 1. The van der Waals surface area contributed by atoms with E-state index in [9.17, 15) is 4.79 Å². The fourth-order valence-corrected chi connectivity index (χ4v) is 1.49.